The van der Waals surface area contributed by atoms with Crippen molar-refractivity contribution in [3.63, 3.8) is 0 Å². The van der Waals surface area contributed by atoms with E-state index in [1.807, 2.05) is 24.3 Å². The minimum atomic E-state index is -0.931. The molecule has 0 unspecified atom stereocenters. The lowest BCUT2D eigenvalue weighted by Gasteiger charge is -2.34. The molecule has 0 bridgehead atoms. The van der Waals surface area contributed by atoms with Gasteiger partial charge in [0.15, 0.2) is 0 Å². The molecular formula is C16H22N2O3. The number of hydrogen-bond donors (Lipinski definition) is 2. The van der Waals surface area contributed by atoms with Gasteiger partial charge in [0.05, 0.1) is 0 Å². The van der Waals surface area contributed by atoms with E-state index in [9.17, 15) is 14.7 Å². The van der Waals surface area contributed by atoms with Crippen LogP contribution in [0.4, 0.5) is 0 Å². The van der Waals surface area contributed by atoms with Crippen LogP contribution in [0.25, 0.3) is 0 Å². The summed E-state index contributed by atoms with van der Waals surface area (Å²) in [6.07, 6.45) is 3.36. The zero-order chi connectivity index (χ0) is 15.2. The summed E-state index contributed by atoms with van der Waals surface area (Å²) in [4.78, 5) is 25.3. The molecule has 1 aliphatic heterocycles. The average molecular weight is 290 g/mol. The normalized spacial score (nSPS) is 17.4. The highest BCUT2D eigenvalue weighted by atomic mass is 16.4. The molecule has 1 heterocycles. The Bertz CT molecular complexity index is 516. The second kappa shape index (κ2) is 7.22. The van der Waals surface area contributed by atoms with Crippen molar-refractivity contribution in [2.45, 2.75) is 44.7 Å². The highest BCUT2D eigenvalue weighted by Gasteiger charge is 2.33. The Morgan fingerprint density at radius 2 is 1.90 bits per heavy atom. The molecule has 21 heavy (non-hydrogen) atoms. The molecule has 0 aromatic heterocycles. The van der Waals surface area contributed by atoms with Gasteiger partial charge in [0.25, 0.3) is 0 Å². The number of carboxylic acid groups (broad SMARTS) is 1. The number of fused-ring (bicyclic) bond motifs is 1. The van der Waals surface area contributed by atoms with Crippen molar-refractivity contribution < 1.29 is 14.7 Å². The predicted molar refractivity (Wildman–Crippen MR) is 79.6 cm³/mol. The van der Waals surface area contributed by atoms with E-state index in [0.717, 1.165) is 30.4 Å². The molecule has 0 aliphatic carbocycles. The fourth-order valence-electron chi connectivity index (χ4n) is 2.75. The molecule has 0 saturated heterocycles. The first-order chi connectivity index (χ1) is 10.1. The summed E-state index contributed by atoms with van der Waals surface area (Å²) in [6, 6.07) is 6.98. The molecule has 2 rings (SSSR count). The van der Waals surface area contributed by atoms with Gasteiger partial charge in [0, 0.05) is 19.4 Å². The molecule has 0 radical (unpaired) electrons. The number of amides is 1. The van der Waals surface area contributed by atoms with Gasteiger partial charge in [-0.3, -0.25) is 4.79 Å². The van der Waals surface area contributed by atoms with Crippen molar-refractivity contribution in [3.05, 3.63) is 35.4 Å². The number of carboxylic acids is 1. The van der Waals surface area contributed by atoms with Crippen molar-refractivity contribution in [2.24, 2.45) is 5.73 Å². The van der Waals surface area contributed by atoms with Gasteiger partial charge in [0.2, 0.25) is 5.91 Å². The summed E-state index contributed by atoms with van der Waals surface area (Å²) in [7, 11) is 0. The standard InChI is InChI=1S/C16H22N2O3/c17-9-5-1-2-8-15(19)18-11-13-7-4-3-6-12(13)10-14(18)16(20)21/h3-4,6-7,14H,1-2,5,8-11,17H2,(H,20,21)/t14-/m1/s1. The first kappa shape index (κ1) is 15.5. The number of rotatable bonds is 6. The van der Waals surface area contributed by atoms with E-state index in [1.165, 1.54) is 4.90 Å². The SMILES string of the molecule is NCCCCCC(=O)N1Cc2ccccc2C[C@@H]1C(=O)O. The maximum Gasteiger partial charge on any atom is 0.326 e. The van der Waals surface area contributed by atoms with E-state index in [1.54, 1.807) is 0 Å². The maximum absolute atomic E-state index is 12.3. The summed E-state index contributed by atoms with van der Waals surface area (Å²) in [5.41, 5.74) is 7.50. The molecule has 3 N–H and O–H groups in total. The first-order valence-electron chi connectivity index (χ1n) is 7.42. The third-order valence-corrected chi connectivity index (χ3v) is 3.95. The fraction of sp³-hybridized carbons (Fsp3) is 0.500. The lowest BCUT2D eigenvalue weighted by molar-refractivity contribution is -0.151. The van der Waals surface area contributed by atoms with Gasteiger partial charge in [-0.2, -0.15) is 0 Å². The molecule has 1 aromatic carbocycles. The van der Waals surface area contributed by atoms with Crippen LogP contribution in [0.15, 0.2) is 24.3 Å². The van der Waals surface area contributed by atoms with Crippen LogP contribution >= 0.6 is 0 Å². The molecule has 1 amide bonds. The minimum Gasteiger partial charge on any atom is -0.480 e. The zero-order valence-corrected chi connectivity index (χ0v) is 12.1. The summed E-state index contributed by atoms with van der Waals surface area (Å²) in [5.74, 6) is -1.01. The number of carbonyl (C=O) groups is 2. The number of unbranched alkanes of at least 4 members (excludes halogenated alkanes) is 2. The molecule has 0 saturated carbocycles. The van der Waals surface area contributed by atoms with Crippen LogP contribution in [0.2, 0.25) is 0 Å². The Labute approximate surface area is 124 Å². The van der Waals surface area contributed by atoms with E-state index in [0.29, 0.717) is 25.9 Å². The van der Waals surface area contributed by atoms with Crippen LogP contribution < -0.4 is 5.73 Å². The average Bonchev–Trinajstić information content (AvgIpc) is 2.50. The third kappa shape index (κ3) is 3.82. The molecule has 1 aromatic rings. The third-order valence-electron chi connectivity index (χ3n) is 3.95. The number of hydrogen-bond acceptors (Lipinski definition) is 3. The second-order valence-corrected chi connectivity index (χ2v) is 5.45. The van der Waals surface area contributed by atoms with E-state index in [2.05, 4.69) is 0 Å². The Hall–Kier alpha value is -1.88. The first-order valence-corrected chi connectivity index (χ1v) is 7.42. The van der Waals surface area contributed by atoms with E-state index in [4.69, 9.17) is 5.73 Å². The van der Waals surface area contributed by atoms with Crippen LogP contribution in [0.3, 0.4) is 0 Å². The monoisotopic (exact) mass is 290 g/mol. The highest BCUT2D eigenvalue weighted by molar-refractivity contribution is 5.84. The number of carbonyl (C=O) groups excluding carboxylic acids is 1. The summed E-state index contributed by atoms with van der Waals surface area (Å²) >= 11 is 0. The Morgan fingerprint density at radius 1 is 1.19 bits per heavy atom. The molecule has 5 nitrogen and oxygen atoms in total. The van der Waals surface area contributed by atoms with Crippen molar-refractivity contribution >= 4 is 11.9 Å². The van der Waals surface area contributed by atoms with E-state index < -0.39 is 12.0 Å². The molecular weight excluding hydrogens is 268 g/mol. The summed E-state index contributed by atoms with van der Waals surface area (Å²) < 4.78 is 0. The van der Waals surface area contributed by atoms with Crippen LogP contribution in [0.5, 0.6) is 0 Å². The summed E-state index contributed by atoms with van der Waals surface area (Å²) in [6.45, 7) is 1.02. The summed E-state index contributed by atoms with van der Waals surface area (Å²) in [5, 5.41) is 9.38. The topological polar surface area (TPSA) is 83.6 Å². The lowest BCUT2D eigenvalue weighted by atomic mass is 9.93. The molecule has 5 heteroatoms. The minimum absolute atomic E-state index is 0.0751. The van der Waals surface area contributed by atoms with Crippen LogP contribution in [-0.2, 0) is 22.6 Å². The Kier molecular flexibility index (Phi) is 5.33. The quantitative estimate of drug-likeness (QED) is 0.778. The highest BCUT2D eigenvalue weighted by Crippen LogP contribution is 2.24. The number of nitrogens with two attached hydrogens (primary N) is 1. The zero-order valence-electron chi connectivity index (χ0n) is 12.1. The van der Waals surface area contributed by atoms with Gasteiger partial charge >= 0.3 is 5.97 Å². The number of aliphatic carboxylic acids is 1. The lowest BCUT2D eigenvalue weighted by Crippen LogP contribution is -2.48. The molecule has 0 fully saturated rings. The van der Waals surface area contributed by atoms with E-state index >= 15 is 0 Å². The molecule has 114 valence electrons. The largest absolute Gasteiger partial charge is 0.480 e. The van der Waals surface area contributed by atoms with Gasteiger partial charge in [-0.05, 0) is 30.5 Å². The number of nitrogens with zero attached hydrogens (tertiary/aromatic N) is 1. The van der Waals surface area contributed by atoms with Gasteiger partial charge < -0.3 is 15.7 Å². The second-order valence-electron chi connectivity index (χ2n) is 5.45. The van der Waals surface area contributed by atoms with Gasteiger partial charge in [-0.25, -0.2) is 4.79 Å². The molecule has 1 aliphatic rings. The van der Waals surface area contributed by atoms with Gasteiger partial charge in [-0.1, -0.05) is 30.7 Å². The van der Waals surface area contributed by atoms with Gasteiger partial charge in [-0.15, -0.1) is 0 Å². The van der Waals surface area contributed by atoms with Gasteiger partial charge in [0.1, 0.15) is 6.04 Å². The molecule has 0 spiro atoms. The van der Waals surface area contributed by atoms with Crippen LogP contribution in [0, 0.1) is 0 Å². The number of benzene rings is 1. The Morgan fingerprint density at radius 3 is 2.57 bits per heavy atom. The maximum atomic E-state index is 12.3. The van der Waals surface area contributed by atoms with Crippen molar-refractivity contribution in [1.82, 2.24) is 4.90 Å². The van der Waals surface area contributed by atoms with Crippen LogP contribution in [0.1, 0.15) is 36.8 Å². The predicted octanol–water partition coefficient (Wildman–Crippen LogP) is 1.54. The fourth-order valence-corrected chi connectivity index (χ4v) is 2.75. The van der Waals surface area contributed by atoms with Crippen molar-refractivity contribution in [1.29, 1.82) is 0 Å². The smallest absolute Gasteiger partial charge is 0.326 e. The Balaban J connectivity index is 2.06. The van der Waals surface area contributed by atoms with Crippen LogP contribution in [-0.4, -0.2) is 34.5 Å². The van der Waals surface area contributed by atoms with E-state index in [-0.39, 0.29) is 5.91 Å². The van der Waals surface area contributed by atoms with Crippen molar-refractivity contribution in [2.75, 3.05) is 6.54 Å². The molecule has 1 atom stereocenters. The van der Waals surface area contributed by atoms with Crippen molar-refractivity contribution in [3.8, 4) is 0 Å².